The minimum Gasteiger partial charge on any atom is -0.496 e. The van der Waals surface area contributed by atoms with E-state index < -0.39 is 0 Å². The Balaban J connectivity index is 2.78. The SMILES string of the molecule is CCC(OC)C(Cc1ccc(OC)c(Br)c1)NC. The molecule has 3 nitrogen and oxygen atoms in total. The zero-order valence-corrected chi connectivity index (χ0v) is 13.1. The van der Waals surface area contributed by atoms with Crippen molar-refractivity contribution in [3.05, 3.63) is 28.2 Å². The first-order valence-electron chi connectivity index (χ1n) is 6.18. The number of rotatable bonds is 7. The maximum absolute atomic E-state index is 5.50. The Morgan fingerprint density at radius 2 is 2.06 bits per heavy atom. The highest BCUT2D eigenvalue weighted by atomic mass is 79.9. The number of benzene rings is 1. The highest BCUT2D eigenvalue weighted by Gasteiger charge is 2.18. The van der Waals surface area contributed by atoms with E-state index in [9.17, 15) is 0 Å². The average molecular weight is 316 g/mol. The first kappa shape index (κ1) is 15.5. The molecule has 0 aliphatic carbocycles. The van der Waals surface area contributed by atoms with Gasteiger partial charge in [0.1, 0.15) is 5.75 Å². The van der Waals surface area contributed by atoms with Gasteiger partial charge in [-0.1, -0.05) is 13.0 Å². The fourth-order valence-electron chi connectivity index (χ4n) is 2.13. The van der Waals surface area contributed by atoms with Gasteiger partial charge in [0.15, 0.2) is 0 Å². The van der Waals surface area contributed by atoms with Gasteiger partial charge in [-0.05, 0) is 53.5 Å². The Bertz CT molecular complexity index is 367. The molecule has 0 aromatic heterocycles. The summed E-state index contributed by atoms with van der Waals surface area (Å²) in [7, 11) is 5.42. The molecule has 18 heavy (non-hydrogen) atoms. The van der Waals surface area contributed by atoms with Crippen molar-refractivity contribution in [1.29, 1.82) is 0 Å². The summed E-state index contributed by atoms with van der Waals surface area (Å²) in [5.41, 5.74) is 1.26. The van der Waals surface area contributed by atoms with E-state index >= 15 is 0 Å². The Labute approximate surface area is 118 Å². The number of nitrogens with one attached hydrogen (secondary N) is 1. The van der Waals surface area contributed by atoms with E-state index in [4.69, 9.17) is 9.47 Å². The molecule has 0 saturated carbocycles. The van der Waals surface area contributed by atoms with Gasteiger partial charge in [-0.2, -0.15) is 0 Å². The summed E-state index contributed by atoms with van der Waals surface area (Å²) < 4.78 is 11.7. The Morgan fingerprint density at radius 3 is 2.50 bits per heavy atom. The van der Waals surface area contributed by atoms with Gasteiger partial charge in [-0.15, -0.1) is 0 Å². The van der Waals surface area contributed by atoms with Crippen LogP contribution in [0.2, 0.25) is 0 Å². The van der Waals surface area contributed by atoms with Gasteiger partial charge in [0.25, 0.3) is 0 Å². The van der Waals surface area contributed by atoms with Crippen molar-refractivity contribution in [3.63, 3.8) is 0 Å². The van der Waals surface area contributed by atoms with Crippen LogP contribution in [0.5, 0.6) is 5.75 Å². The molecule has 0 fully saturated rings. The quantitative estimate of drug-likeness (QED) is 0.839. The summed E-state index contributed by atoms with van der Waals surface area (Å²) >= 11 is 3.51. The van der Waals surface area contributed by atoms with Crippen molar-refractivity contribution in [2.45, 2.75) is 31.9 Å². The summed E-state index contributed by atoms with van der Waals surface area (Å²) in [5, 5.41) is 3.33. The molecule has 0 spiro atoms. The molecular formula is C14H22BrNO2. The van der Waals surface area contributed by atoms with Crippen LogP contribution in [-0.2, 0) is 11.2 Å². The molecule has 1 aromatic carbocycles. The lowest BCUT2D eigenvalue weighted by atomic mass is 9.99. The van der Waals surface area contributed by atoms with Crippen molar-refractivity contribution >= 4 is 15.9 Å². The third kappa shape index (κ3) is 3.97. The zero-order chi connectivity index (χ0) is 13.5. The molecule has 0 bridgehead atoms. The largest absolute Gasteiger partial charge is 0.496 e. The lowest BCUT2D eigenvalue weighted by Gasteiger charge is -2.25. The van der Waals surface area contributed by atoms with E-state index in [1.165, 1.54) is 5.56 Å². The molecule has 2 unspecified atom stereocenters. The van der Waals surface area contributed by atoms with Crippen LogP contribution in [0, 0.1) is 0 Å². The molecule has 1 rings (SSSR count). The van der Waals surface area contributed by atoms with E-state index in [0.29, 0.717) is 6.04 Å². The maximum atomic E-state index is 5.50. The molecule has 0 amide bonds. The molecule has 0 aliphatic heterocycles. The van der Waals surface area contributed by atoms with Gasteiger partial charge < -0.3 is 14.8 Å². The molecule has 4 heteroatoms. The molecule has 1 N–H and O–H groups in total. The van der Waals surface area contributed by atoms with E-state index in [2.05, 4.69) is 40.3 Å². The number of methoxy groups -OCH3 is 2. The molecular weight excluding hydrogens is 294 g/mol. The number of likely N-dealkylation sites (N-methyl/N-ethyl adjacent to an activating group) is 1. The fourth-order valence-corrected chi connectivity index (χ4v) is 2.71. The summed E-state index contributed by atoms with van der Waals surface area (Å²) in [6, 6.07) is 6.50. The molecule has 2 atom stereocenters. The molecule has 0 saturated heterocycles. The monoisotopic (exact) mass is 315 g/mol. The highest BCUT2D eigenvalue weighted by molar-refractivity contribution is 9.10. The van der Waals surface area contributed by atoms with Crippen molar-refractivity contribution in [2.24, 2.45) is 0 Å². The second-order valence-electron chi connectivity index (χ2n) is 4.25. The number of hydrogen-bond donors (Lipinski definition) is 1. The smallest absolute Gasteiger partial charge is 0.133 e. The standard InChI is InChI=1S/C14H22BrNO2/c1-5-13(17-3)12(16-2)9-10-6-7-14(18-4)11(15)8-10/h6-8,12-13,16H,5,9H2,1-4H3. The molecule has 102 valence electrons. The predicted octanol–water partition coefficient (Wildman–Crippen LogP) is 3.01. The average Bonchev–Trinajstić information content (AvgIpc) is 2.39. The Kier molecular flexibility index (Phi) is 6.68. The van der Waals surface area contributed by atoms with Crippen molar-refractivity contribution < 1.29 is 9.47 Å². The van der Waals surface area contributed by atoms with Crippen LogP contribution in [-0.4, -0.2) is 33.4 Å². The van der Waals surface area contributed by atoms with Gasteiger partial charge in [0.2, 0.25) is 0 Å². The van der Waals surface area contributed by atoms with Crippen LogP contribution < -0.4 is 10.1 Å². The highest BCUT2D eigenvalue weighted by Crippen LogP contribution is 2.26. The molecule has 0 heterocycles. The van der Waals surface area contributed by atoms with E-state index in [-0.39, 0.29) is 6.10 Å². The number of ether oxygens (including phenoxy) is 2. The van der Waals surface area contributed by atoms with Crippen molar-refractivity contribution in [3.8, 4) is 5.75 Å². The second-order valence-corrected chi connectivity index (χ2v) is 5.10. The second kappa shape index (κ2) is 7.77. The van der Waals surface area contributed by atoms with Gasteiger partial charge in [0.05, 0.1) is 17.7 Å². The Hall–Kier alpha value is -0.580. The normalized spacial score (nSPS) is 14.3. The molecule has 0 aliphatic rings. The number of halogens is 1. The topological polar surface area (TPSA) is 30.5 Å². The van der Waals surface area contributed by atoms with Gasteiger partial charge in [-0.25, -0.2) is 0 Å². The van der Waals surface area contributed by atoms with Gasteiger partial charge in [0, 0.05) is 13.2 Å². The first-order chi connectivity index (χ1) is 8.65. The van der Waals surface area contributed by atoms with Crippen LogP contribution in [0.25, 0.3) is 0 Å². The molecule has 0 radical (unpaired) electrons. The van der Waals surface area contributed by atoms with Crippen LogP contribution in [0.1, 0.15) is 18.9 Å². The van der Waals surface area contributed by atoms with E-state index in [1.807, 2.05) is 13.1 Å². The zero-order valence-electron chi connectivity index (χ0n) is 11.5. The minimum absolute atomic E-state index is 0.232. The van der Waals surface area contributed by atoms with Gasteiger partial charge >= 0.3 is 0 Å². The minimum atomic E-state index is 0.232. The first-order valence-corrected chi connectivity index (χ1v) is 6.98. The fraction of sp³-hybridized carbons (Fsp3) is 0.571. The maximum Gasteiger partial charge on any atom is 0.133 e. The van der Waals surface area contributed by atoms with E-state index in [0.717, 1.165) is 23.1 Å². The van der Waals surface area contributed by atoms with Crippen LogP contribution in [0.4, 0.5) is 0 Å². The summed E-state index contributed by atoms with van der Waals surface area (Å²) in [5.74, 6) is 0.860. The number of hydrogen-bond acceptors (Lipinski definition) is 3. The third-order valence-corrected chi connectivity index (χ3v) is 3.82. The lowest BCUT2D eigenvalue weighted by Crippen LogP contribution is -2.40. The summed E-state index contributed by atoms with van der Waals surface area (Å²) in [6.07, 6.45) is 2.17. The summed E-state index contributed by atoms with van der Waals surface area (Å²) in [6.45, 7) is 2.14. The third-order valence-electron chi connectivity index (χ3n) is 3.20. The van der Waals surface area contributed by atoms with Crippen molar-refractivity contribution in [2.75, 3.05) is 21.3 Å². The van der Waals surface area contributed by atoms with Gasteiger partial charge in [-0.3, -0.25) is 0 Å². The predicted molar refractivity (Wildman–Crippen MR) is 78.3 cm³/mol. The van der Waals surface area contributed by atoms with Crippen LogP contribution in [0.15, 0.2) is 22.7 Å². The van der Waals surface area contributed by atoms with Crippen LogP contribution >= 0.6 is 15.9 Å². The van der Waals surface area contributed by atoms with Crippen LogP contribution in [0.3, 0.4) is 0 Å². The molecule has 1 aromatic rings. The van der Waals surface area contributed by atoms with Crippen molar-refractivity contribution in [1.82, 2.24) is 5.32 Å². The Morgan fingerprint density at radius 1 is 1.33 bits per heavy atom. The summed E-state index contributed by atoms with van der Waals surface area (Å²) in [4.78, 5) is 0. The van der Waals surface area contributed by atoms with E-state index in [1.54, 1.807) is 14.2 Å². The lowest BCUT2D eigenvalue weighted by molar-refractivity contribution is 0.0678.